The minimum Gasteiger partial charge on any atom is -0.491 e. The van der Waals surface area contributed by atoms with Crippen molar-refractivity contribution in [3.05, 3.63) is 29.8 Å². The molecule has 0 aliphatic carbocycles. The Kier molecular flexibility index (Phi) is 5.83. The number of nitrogens with zero attached hydrogens (tertiary/aromatic N) is 1. The first-order chi connectivity index (χ1) is 9.65. The van der Waals surface area contributed by atoms with Gasteiger partial charge in [-0.2, -0.15) is 0 Å². The van der Waals surface area contributed by atoms with Crippen LogP contribution >= 0.6 is 0 Å². The van der Waals surface area contributed by atoms with E-state index in [0.29, 0.717) is 19.1 Å². The number of β-amino-alcohol motifs (C(OH)–C–C–N with tert-alkyl or cyclic N) is 1. The fraction of sp³-hybridized carbons (Fsp3) is 0.625. The highest BCUT2D eigenvalue weighted by molar-refractivity contribution is 5.28. The summed E-state index contributed by atoms with van der Waals surface area (Å²) in [6.07, 6.45) is -0.433. The third-order valence-corrected chi connectivity index (χ3v) is 3.67. The second kappa shape index (κ2) is 7.62. The lowest BCUT2D eigenvalue weighted by atomic mass is 10.0. The topological polar surface area (TPSA) is 44.7 Å². The van der Waals surface area contributed by atoms with Crippen molar-refractivity contribution < 1.29 is 9.84 Å². The van der Waals surface area contributed by atoms with Gasteiger partial charge in [0, 0.05) is 32.7 Å². The number of nitrogens with one attached hydrogen (secondary N) is 1. The van der Waals surface area contributed by atoms with Crippen LogP contribution in [0.1, 0.15) is 25.3 Å². The average molecular weight is 278 g/mol. The zero-order valence-electron chi connectivity index (χ0n) is 12.5. The Morgan fingerprint density at radius 2 is 1.85 bits per heavy atom. The minimum absolute atomic E-state index is 0.352. The highest BCUT2D eigenvalue weighted by Crippen LogP contribution is 2.18. The lowest BCUT2D eigenvalue weighted by Crippen LogP contribution is -2.47. The smallest absolute Gasteiger partial charge is 0.119 e. The number of hydrogen-bond acceptors (Lipinski definition) is 4. The Morgan fingerprint density at radius 3 is 2.45 bits per heavy atom. The van der Waals surface area contributed by atoms with Gasteiger partial charge < -0.3 is 15.2 Å². The van der Waals surface area contributed by atoms with Crippen molar-refractivity contribution >= 4 is 0 Å². The van der Waals surface area contributed by atoms with Crippen LogP contribution in [0.25, 0.3) is 0 Å². The van der Waals surface area contributed by atoms with Gasteiger partial charge in [-0.1, -0.05) is 26.0 Å². The summed E-state index contributed by atoms with van der Waals surface area (Å²) in [5.74, 6) is 1.36. The molecule has 1 aromatic carbocycles. The van der Waals surface area contributed by atoms with E-state index < -0.39 is 6.10 Å². The Balaban J connectivity index is 1.73. The van der Waals surface area contributed by atoms with Gasteiger partial charge in [0.15, 0.2) is 0 Å². The van der Waals surface area contributed by atoms with Crippen LogP contribution in [-0.4, -0.2) is 55.4 Å². The van der Waals surface area contributed by atoms with Gasteiger partial charge in [0.05, 0.1) is 0 Å². The minimum atomic E-state index is -0.433. The molecule has 0 amide bonds. The van der Waals surface area contributed by atoms with Gasteiger partial charge in [-0.05, 0) is 23.6 Å². The summed E-state index contributed by atoms with van der Waals surface area (Å²) in [5, 5.41) is 13.3. The van der Waals surface area contributed by atoms with Crippen LogP contribution in [0.2, 0.25) is 0 Å². The quantitative estimate of drug-likeness (QED) is 0.827. The molecule has 4 nitrogen and oxygen atoms in total. The molecule has 0 spiro atoms. The van der Waals surface area contributed by atoms with Crippen molar-refractivity contribution in [1.82, 2.24) is 10.2 Å². The molecule has 1 saturated heterocycles. The third kappa shape index (κ3) is 4.78. The molecule has 1 atom stereocenters. The van der Waals surface area contributed by atoms with Gasteiger partial charge >= 0.3 is 0 Å². The molecule has 4 heteroatoms. The molecule has 1 unspecified atom stereocenters. The van der Waals surface area contributed by atoms with Crippen LogP contribution in [0, 0.1) is 0 Å². The fourth-order valence-corrected chi connectivity index (χ4v) is 2.39. The number of benzene rings is 1. The van der Waals surface area contributed by atoms with E-state index >= 15 is 0 Å². The monoisotopic (exact) mass is 278 g/mol. The number of hydrogen-bond donors (Lipinski definition) is 2. The molecule has 0 saturated carbocycles. The summed E-state index contributed by atoms with van der Waals surface area (Å²) in [6.45, 7) is 9.39. The van der Waals surface area contributed by atoms with Crippen molar-refractivity contribution in [2.45, 2.75) is 25.9 Å². The van der Waals surface area contributed by atoms with E-state index in [1.165, 1.54) is 5.56 Å². The fourth-order valence-electron chi connectivity index (χ4n) is 2.39. The van der Waals surface area contributed by atoms with E-state index in [0.717, 1.165) is 31.9 Å². The number of ether oxygens (including phenoxy) is 1. The predicted octanol–water partition coefficient (Wildman–Crippen LogP) is 1.45. The number of piperazine rings is 1. The third-order valence-electron chi connectivity index (χ3n) is 3.67. The van der Waals surface area contributed by atoms with E-state index in [1.807, 2.05) is 12.1 Å². The first kappa shape index (κ1) is 15.3. The Hall–Kier alpha value is -1.10. The van der Waals surface area contributed by atoms with Gasteiger partial charge in [0.1, 0.15) is 18.5 Å². The van der Waals surface area contributed by atoms with Crippen molar-refractivity contribution in [1.29, 1.82) is 0 Å². The largest absolute Gasteiger partial charge is 0.491 e. The average Bonchev–Trinajstić information content (AvgIpc) is 2.46. The molecular weight excluding hydrogens is 252 g/mol. The molecule has 1 heterocycles. The summed E-state index contributed by atoms with van der Waals surface area (Å²) in [7, 11) is 0. The predicted molar refractivity (Wildman–Crippen MR) is 81.3 cm³/mol. The van der Waals surface area contributed by atoms with Crippen molar-refractivity contribution in [3.8, 4) is 5.75 Å². The summed E-state index contributed by atoms with van der Waals surface area (Å²) < 4.78 is 5.65. The van der Waals surface area contributed by atoms with Crippen LogP contribution in [0.3, 0.4) is 0 Å². The van der Waals surface area contributed by atoms with Gasteiger partial charge in [0.25, 0.3) is 0 Å². The molecule has 1 fully saturated rings. The Bertz CT molecular complexity index is 386. The molecule has 1 aliphatic heterocycles. The highest BCUT2D eigenvalue weighted by Gasteiger charge is 2.14. The maximum Gasteiger partial charge on any atom is 0.119 e. The molecular formula is C16H26N2O2. The molecule has 0 radical (unpaired) electrons. The Labute approximate surface area is 121 Å². The highest BCUT2D eigenvalue weighted by atomic mass is 16.5. The SMILES string of the molecule is CC(C)c1ccc(OCC(O)CN2CCNCC2)cc1. The zero-order valence-corrected chi connectivity index (χ0v) is 12.5. The second-order valence-corrected chi connectivity index (χ2v) is 5.74. The van der Waals surface area contributed by atoms with Gasteiger partial charge in [-0.15, -0.1) is 0 Å². The zero-order chi connectivity index (χ0) is 14.4. The van der Waals surface area contributed by atoms with E-state index in [2.05, 4.69) is 36.2 Å². The molecule has 2 rings (SSSR count). The summed E-state index contributed by atoms with van der Waals surface area (Å²) >= 11 is 0. The van der Waals surface area contributed by atoms with Crippen molar-refractivity contribution in [2.24, 2.45) is 0 Å². The first-order valence-corrected chi connectivity index (χ1v) is 7.49. The normalized spacial score (nSPS) is 18.2. The van der Waals surface area contributed by atoms with Gasteiger partial charge in [-0.25, -0.2) is 0 Å². The van der Waals surface area contributed by atoms with E-state index in [-0.39, 0.29) is 0 Å². The van der Waals surface area contributed by atoms with E-state index in [1.54, 1.807) is 0 Å². The lowest BCUT2D eigenvalue weighted by Gasteiger charge is -2.29. The van der Waals surface area contributed by atoms with Gasteiger partial charge in [-0.3, -0.25) is 4.90 Å². The van der Waals surface area contributed by atoms with Crippen LogP contribution < -0.4 is 10.1 Å². The van der Waals surface area contributed by atoms with Crippen LogP contribution in [-0.2, 0) is 0 Å². The molecule has 112 valence electrons. The van der Waals surface area contributed by atoms with E-state index in [4.69, 9.17) is 4.74 Å². The molecule has 0 aromatic heterocycles. The standard InChI is InChI=1S/C16H26N2O2/c1-13(2)14-3-5-16(6-4-14)20-12-15(19)11-18-9-7-17-8-10-18/h3-6,13,15,17,19H,7-12H2,1-2H3. The molecule has 2 N–H and O–H groups in total. The molecule has 0 bridgehead atoms. The first-order valence-electron chi connectivity index (χ1n) is 7.49. The summed E-state index contributed by atoms with van der Waals surface area (Å²) in [6, 6.07) is 8.13. The van der Waals surface area contributed by atoms with E-state index in [9.17, 15) is 5.11 Å². The van der Waals surface area contributed by atoms with Crippen molar-refractivity contribution in [2.75, 3.05) is 39.3 Å². The lowest BCUT2D eigenvalue weighted by molar-refractivity contribution is 0.0641. The maximum absolute atomic E-state index is 10.0. The summed E-state index contributed by atoms with van der Waals surface area (Å²) in [5.41, 5.74) is 1.30. The second-order valence-electron chi connectivity index (χ2n) is 5.74. The number of aliphatic hydroxyl groups is 1. The number of aliphatic hydroxyl groups excluding tert-OH is 1. The number of rotatable bonds is 6. The van der Waals surface area contributed by atoms with Crippen LogP contribution in [0.5, 0.6) is 5.75 Å². The maximum atomic E-state index is 10.0. The van der Waals surface area contributed by atoms with Crippen molar-refractivity contribution in [3.63, 3.8) is 0 Å². The molecule has 1 aliphatic rings. The van der Waals surface area contributed by atoms with Crippen LogP contribution in [0.15, 0.2) is 24.3 Å². The summed E-state index contributed by atoms with van der Waals surface area (Å²) in [4.78, 5) is 2.27. The van der Waals surface area contributed by atoms with Gasteiger partial charge in [0.2, 0.25) is 0 Å². The molecule has 1 aromatic rings. The van der Waals surface area contributed by atoms with Crippen LogP contribution in [0.4, 0.5) is 0 Å². The molecule has 20 heavy (non-hydrogen) atoms. The Morgan fingerprint density at radius 1 is 1.20 bits per heavy atom.